The topological polar surface area (TPSA) is 101 Å². The number of nitrogen functional groups attached to an aromatic ring is 1. The van der Waals surface area contributed by atoms with E-state index in [2.05, 4.69) is 15.5 Å². The average molecular weight is 262 g/mol. The molecule has 0 aliphatic heterocycles. The summed E-state index contributed by atoms with van der Waals surface area (Å²) in [5.41, 5.74) is 5.39. The van der Waals surface area contributed by atoms with E-state index in [9.17, 15) is 9.90 Å². The number of rotatable bonds is 6. The van der Waals surface area contributed by atoms with Crippen molar-refractivity contribution in [2.24, 2.45) is 0 Å². The molecule has 0 aromatic carbocycles. The van der Waals surface area contributed by atoms with Crippen LogP contribution >= 0.6 is 23.1 Å². The molecular weight excluding hydrogens is 248 g/mol. The molecule has 0 bridgehead atoms. The first kappa shape index (κ1) is 13.2. The summed E-state index contributed by atoms with van der Waals surface area (Å²) >= 11 is 2.80. The molecule has 0 spiro atoms. The summed E-state index contributed by atoms with van der Waals surface area (Å²) < 4.78 is 0. The third-order valence-electron chi connectivity index (χ3n) is 1.79. The zero-order valence-electron chi connectivity index (χ0n) is 8.84. The van der Waals surface area contributed by atoms with E-state index in [1.54, 1.807) is 11.8 Å². The fourth-order valence-electron chi connectivity index (χ4n) is 0.979. The number of amides is 1. The van der Waals surface area contributed by atoms with Gasteiger partial charge in [-0.3, -0.25) is 4.79 Å². The zero-order valence-corrected chi connectivity index (χ0v) is 10.5. The number of hydrogen-bond acceptors (Lipinski definition) is 7. The van der Waals surface area contributed by atoms with Crippen LogP contribution in [0.1, 0.15) is 11.4 Å². The number of nitrogens with zero attached hydrogens (tertiary/aromatic N) is 2. The fourth-order valence-corrected chi connectivity index (χ4v) is 1.99. The molecule has 16 heavy (non-hydrogen) atoms. The summed E-state index contributed by atoms with van der Waals surface area (Å²) in [5.74, 6) is 0.364. The third kappa shape index (κ3) is 4.33. The number of anilines is 1. The Labute approximate surface area is 102 Å². The minimum Gasteiger partial charge on any atom is -0.383 e. The van der Waals surface area contributed by atoms with E-state index in [-0.39, 0.29) is 12.5 Å². The average Bonchev–Trinajstić information content (AvgIpc) is 2.68. The van der Waals surface area contributed by atoms with Gasteiger partial charge in [-0.05, 0) is 18.4 Å². The van der Waals surface area contributed by atoms with Crippen LogP contribution in [0.4, 0.5) is 5.13 Å². The molecule has 6 nitrogen and oxygen atoms in total. The lowest BCUT2D eigenvalue weighted by atomic mass is 10.2. The third-order valence-corrected chi connectivity index (χ3v) is 3.19. The van der Waals surface area contributed by atoms with Gasteiger partial charge in [-0.25, -0.2) is 0 Å². The minimum atomic E-state index is -0.960. The van der Waals surface area contributed by atoms with Crippen LogP contribution in [0.2, 0.25) is 0 Å². The minimum absolute atomic E-state index is 0.254. The van der Waals surface area contributed by atoms with Crippen molar-refractivity contribution in [1.82, 2.24) is 15.5 Å². The number of hydrogen-bond donors (Lipinski definition) is 3. The molecule has 0 fully saturated rings. The van der Waals surface area contributed by atoms with Crippen LogP contribution in [-0.4, -0.2) is 39.3 Å². The van der Waals surface area contributed by atoms with E-state index in [1.165, 1.54) is 11.3 Å². The maximum absolute atomic E-state index is 11.4. The lowest BCUT2D eigenvalue weighted by Gasteiger charge is -2.09. The van der Waals surface area contributed by atoms with Crippen LogP contribution in [0, 0.1) is 0 Å². The Morgan fingerprint density at radius 2 is 2.44 bits per heavy atom. The van der Waals surface area contributed by atoms with Gasteiger partial charge in [0.25, 0.3) is 0 Å². The highest BCUT2D eigenvalue weighted by atomic mass is 32.2. The smallest absolute Gasteiger partial charge is 0.249 e. The highest BCUT2D eigenvalue weighted by Gasteiger charge is 2.14. The van der Waals surface area contributed by atoms with Crippen LogP contribution in [-0.2, 0) is 11.3 Å². The number of nitrogens with one attached hydrogen (secondary N) is 1. The van der Waals surface area contributed by atoms with Crippen molar-refractivity contribution < 1.29 is 9.90 Å². The molecule has 0 aliphatic carbocycles. The molecule has 0 saturated heterocycles. The molecule has 1 amide bonds. The van der Waals surface area contributed by atoms with Crippen molar-refractivity contribution in [1.29, 1.82) is 0 Å². The van der Waals surface area contributed by atoms with Gasteiger partial charge in [-0.2, -0.15) is 11.8 Å². The molecule has 1 heterocycles. The van der Waals surface area contributed by atoms with Gasteiger partial charge in [0.2, 0.25) is 11.0 Å². The van der Waals surface area contributed by atoms with Crippen LogP contribution in [0.25, 0.3) is 0 Å². The quantitative estimate of drug-likeness (QED) is 0.659. The largest absolute Gasteiger partial charge is 0.383 e. The zero-order chi connectivity index (χ0) is 12.0. The standard InChI is InChI=1S/C8H14N4O2S2/c1-15-3-2-5(13)7(14)10-4-6-11-12-8(9)16-6/h5,13H,2-4H2,1H3,(H2,9,12)(H,10,14). The van der Waals surface area contributed by atoms with Gasteiger partial charge >= 0.3 is 0 Å². The molecule has 1 aromatic rings. The highest BCUT2D eigenvalue weighted by Crippen LogP contribution is 2.10. The van der Waals surface area contributed by atoms with Gasteiger partial charge < -0.3 is 16.2 Å². The maximum Gasteiger partial charge on any atom is 0.249 e. The van der Waals surface area contributed by atoms with Crippen molar-refractivity contribution in [3.05, 3.63) is 5.01 Å². The Balaban J connectivity index is 2.29. The first-order chi connectivity index (χ1) is 7.63. The van der Waals surface area contributed by atoms with E-state index < -0.39 is 6.10 Å². The maximum atomic E-state index is 11.4. The van der Waals surface area contributed by atoms with E-state index in [1.807, 2.05) is 6.26 Å². The molecular formula is C8H14N4O2S2. The number of thioether (sulfide) groups is 1. The van der Waals surface area contributed by atoms with Crippen LogP contribution < -0.4 is 11.1 Å². The predicted molar refractivity (Wildman–Crippen MR) is 65.2 cm³/mol. The Hall–Kier alpha value is -0.860. The van der Waals surface area contributed by atoms with Gasteiger partial charge in [-0.1, -0.05) is 11.3 Å². The second-order valence-electron chi connectivity index (χ2n) is 3.05. The molecule has 1 atom stereocenters. The number of carbonyl (C=O) groups is 1. The summed E-state index contributed by atoms with van der Waals surface area (Å²) in [7, 11) is 0. The number of nitrogens with two attached hydrogens (primary N) is 1. The summed E-state index contributed by atoms with van der Waals surface area (Å²) in [4.78, 5) is 11.4. The van der Waals surface area contributed by atoms with Gasteiger partial charge in [0.05, 0.1) is 6.54 Å². The van der Waals surface area contributed by atoms with Crippen LogP contribution in [0.15, 0.2) is 0 Å². The Morgan fingerprint density at radius 1 is 1.69 bits per heavy atom. The van der Waals surface area contributed by atoms with Crippen molar-refractivity contribution in [3.63, 3.8) is 0 Å². The number of carbonyl (C=O) groups excluding carboxylic acids is 1. The Bertz CT molecular complexity index is 345. The van der Waals surface area contributed by atoms with E-state index in [4.69, 9.17) is 5.73 Å². The lowest BCUT2D eigenvalue weighted by molar-refractivity contribution is -0.129. The summed E-state index contributed by atoms with van der Waals surface area (Å²) in [6.07, 6.45) is 1.41. The van der Waals surface area contributed by atoms with Crippen LogP contribution in [0.5, 0.6) is 0 Å². The first-order valence-electron chi connectivity index (χ1n) is 4.66. The molecule has 1 unspecified atom stereocenters. The Kier molecular flexibility index (Phi) is 5.50. The van der Waals surface area contributed by atoms with Gasteiger partial charge in [-0.15, -0.1) is 10.2 Å². The van der Waals surface area contributed by atoms with Gasteiger partial charge in [0.1, 0.15) is 11.1 Å². The molecule has 0 aliphatic rings. The number of aliphatic hydroxyl groups is 1. The highest BCUT2D eigenvalue weighted by molar-refractivity contribution is 7.98. The van der Waals surface area contributed by atoms with Crippen molar-refractivity contribution in [2.75, 3.05) is 17.7 Å². The van der Waals surface area contributed by atoms with E-state index in [0.29, 0.717) is 16.6 Å². The van der Waals surface area contributed by atoms with Crippen molar-refractivity contribution in [3.8, 4) is 0 Å². The molecule has 90 valence electrons. The van der Waals surface area contributed by atoms with Crippen molar-refractivity contribution in [2.45, 2.75) is 19.1 Å². The fraction of sp³-hybridized carbons (Fsp3) is 0.625. The molecule has 4 N–H and O–H groups in total. The second-order valence-corrected chi connectivity index (χ2v) is 5.13. The van der Waals surface area contributed by atoms with Crippen molar-refractivity contribution >= 4 is 34.1 Å². The molecule has 0 radical (unpaired) electrons. The molecule has 8 heteroatoms. The first-order valence-corrected chi connectivity index (χ1v) is 6.87. The van der Waals surface area contributed by atoms with E-state index in [0.717, 1.165) is 5.75 Å². The molecule has 0 saturated carbocycles. The van der Waals surface area contributed by atoms with Crippen LogP contribution in [0.3, 0.4) is 0 Å². The summed E-state index contributed by atoms with van der Waals surface area (Å²) in [5, 5.41) is 20.4. The molecule has 1 aromatic heterocycles. The normalized spacial score (nSPS) is 12.4. The SMILES string of the molecule is CSCCC(O)C(=O)NCc1nnc(N)s1. The summed E-state index contributed by atoms with van der Waals surface area (Å²) in [6, 6.07) is 0. The number of aliphatic hydroxyl groups excluding tert-OH is 1. The van der Waals surface area contributed by atoms with E-state index >= 15 is 0 Å². The Morgan fingerprint density at radius 3 is 3.00 bits per heavy atom. The molecule has 1 rings (SSSR count). The number of aromatic nitrogens is 2. The van der Waals surface area contributed by atoms with Gasteiger partial charge in [0, 0.05) is 0 Å². The lowest BCUT2D eigenvalue weighted by Crippen LogP contribution is -2.34. The monoisotopic (exact) mass is 262 g/mol. The second kappa shape index (κ2) is 6.66. The van der Waals surface area contributed by atoms with Gasteiger partial charge in [0.15, 0.2) is 0 Å². The predicted octanol–water partition coefficient (Wildman–Crippen LogP) is -0.150. The summed E-state index contributed by atoms with van der Waals surface area (Å²) in [6.45, 7) is 0.254.